The van der Waals surface area contributed by atoms with Crippen LogP contribution in [0.15, 0.2) is 82.7 Å². The number of rotatable bonds is 9. The molecule has 8 N–H and O–H groups in total. The van der Waals surface area contributed by atoms with E-state index in [1.807, 2.05) is 72.9 Å². The Kier molecular flexibility index (Phi) is 13.1. The van der Waals surface area contributed by atoms with Crippen molar-refractivity contribution >= 4 is 52.0 Å². The fraction of sp³-hybridized carbons (Fsp3) is 0.378. The minimum absolute atomic E-state index is 0.172. The molecule has 5 rings (SSSR count). The number of hydrogen-bond acceptors (Lipinski definition) is 7. The number of aromatic amines is 1. The Morgan fingerprint density at radius 1 is 0.837 bits per heavy atom. The monoisotopic (exact) mass is 703 g/mol. The maximum Gasteiger partial charge on any atom is 0.245 e. The lowest BCUT2D eigenvalue weighted by atomic mass is 10.0. The van der Waals surface area contributed by atoms with Crippen molar-refractivity contribution in [3.8, 4) is 0 Å². The predicted molar refractivity (Wildman–Crippen MR) is 196 cm³/mol. The fourth-order valence-corrected chi connectivity index (χ4v) is 7.59. The summed E-state index contributed by atoms with van der Waals surface area (Å²) in [6.45, 7) is 1.50. The predicted octanol–water partition coefficient (Wildman–Crippen LogP) is 4.48. The molecule has 3 aromatic carbocycles. The molecule has 1 aliphatic rings. The number of halogens is 1. The highest BCUT2D eigenvalue weighted by molar-refractivity contribution is 7.99. The van der Waals surface area contributed by atoms with Gasteiger partial charge in [-0.05, 0) is 80.6 Å². The van der Waals surface area contributed by atoms with Crippen LogP contribution in [0.5, 0.6) is 0 Å². The van der Waals surface area contributed by atoms with E-state index in [2.05, 4.69) is 20.9 Å². The van der Waals surface area contributed by atoms with Crippen molar-refractivity contribution in [2.75, 3.05) is 20.1 Å². The lowest BCUT2D eigenvalue weighted by molar-refractivity contribution is -0.142. The lowest BCUT2D eigenvalue weighted by Crippen LogP contribution is -2.57. The first-order valence-electron chi connectivity index (χ1n) is 16.9. The van der Waals surface area contributed by atoms with Gasteiger partial charge in [0.2, 0.25) is 17.7 Å². The number of H-pyrrole nitrogens is 1. The number of carbonyl (C=O) groups is 3. The van der Waals surface area contributed by atoms with Crippen molar-refractivity contribution in [1.29, 1.82) is 0 Å². The molecule has 260 valence electrons. The maximum atomic E-state index is 14.3. The fourth-order valence-electron chi connectivity index (χ4n) is 6.18. The van der Waals surface area contributed by atoms with Gasteiger partial charge < -0.3 is 37.3 Å². The topological polar surface area (TPSA) is 158 Å². The van der Waals surface area contributed by atoms with Gasteiger partial charge in [0.15, 0.2) is 0 Å². The molecule has 0 fully saturated rings. The van der Waals surface area contributed by atoms with Gasteiger partial charge in [0.25, 0.3) is 0 Å². The molecule has 1 aliphatic heterocycles. The van der Waals surface area contributed by atoms with Crippen LogP contribution in [0.25, 0.3) is 10.9 Å². The molecule has 49 heavy (non-hydrogen) atoms. The Bertz CT molecular complexity index is 1750. The number of benzene rings is 3. The van der Waals surface area contributed by atoms with Crippen LogP contribution < -0.4 is 27.4 Å². The largest absolute Gasteiger partial charge is 0.361 e. The van der Waals surface area contributed by atoms with Crippen molar-refractivity contribution in [3.05, 3.63) is 94.6 Å². The molecule has 12 heteroatoms. The SMILES string of the molecule is CN1C(=O)[C@H](CCCCN)NC(=O)[C@H](CCCN)NCc2ccccc2Sc2cccc(Cl)c2CNC(=O)[C@@H]1Cc1c[nH]c2ccccc12. The summed E-state index contributed by atoms with van der Waals surface area (Å²) in [7, 11) is 1.63. The van der Waals surface area contributed by atoms with Crippen LogP contribution in [0.3, 0.4) is 0 Å². The zero-order valence-electron chi connectivity index (χ0n) is 27.8. The molecule has 0 saturated heterocycles. The van der Waals surface area contributed by atoms with E-state index in [9.17, 15) is 14.4 Å². The van der Waals surface area contributed by atoms with E-state index < -0.39 is 18.1 Å². The molecular weight excluding hydrogens is 658 g/mol. The summed E-state index contributed by atoms with van der Waals surface area (Å²) < 4.78 is 0. The van der Waals surface area contributed by atoms with Crippen molar-refractivity contribution in [2.24, 2.45) is 11.5 Å². The average Bonchev–Trinajstić information content (AvgIpc) is 3.52. The Morgan fingerprint density at radius 3 is 2.39 bits per heavy atom. The Hall–Kier alpha value is -3.87. The van der Waals surface area contributed by atoms with Crippen LogP contribution in [-0.4, -0.2) is 65.9 Å². The summed E-state index contributed by atoms with van der Waals surface area (Å²) in [5.74, 6) is -0.944. The maximum absolute atomic E-state index is 14.3. The zero-order chi connectivity index (χ0) is 34.8. The van der Waals surface area contributed by atoms with Gasteiger partial charge in [0, 0.05) is 64.0 Å². The summed E-state index contributed by atoms with van der Waals surface area (Å²) >= 11 is 8.32. The van der Waals surface area contributed by atoms with E-state index in [4.69, 9.17) is 23.1 Å². The lowest BCUT2D eigenvalue weighted by Gasteiger charge is -2.32. The zero-order valence-corrected chi connectivity index (χ0v) is 29.4. The summed E-state index contributed by atoms with van der Waals surface area (Å²) in [5.41, 5.74) is 15.3. The molecule has 3 amide bonds. The van der Waals surface area contributed by atoms with Crippen LogP contribution in [0.1, 0.15) is 48.8 Å². The molecule has 1 aromatic heterocycles. The second-order valence-corrected chi connectivity index (χ2v) is 13.9. The van der Waals surface area contributed by atoms with Crippen LogP contribution >= 0.6 is 23.4 Å². The molecule has 3 atom stereocenters. The molecule has 0 radical (unpaired) electrons. The number of para-hydroxylation sites is 1. The first-order valence-corrected chi connectivity index (χ1v) is 18.1. The van der Waals surface area contributed by atoms with E-state index in [-0.39, 0.29) is 30.7 Å². The molecule has 2 heterocycles. The first-order chi connectivity index (χ1) is 23.8. The van der Waals surface area contributed by atoms with Crippen LogP contribution in [0, 0.1) is 0 Å². The number of nitrogens with zero attached hydrogens (tertiary/aromatic N) is 1. The Labute approximate surface area is 297 Å². The number of amides is 3. The van der Waals surface area contributed by atoms with Gasteiger partial charge in [-0.3, -0.25) is 14.4 Å². The number of nitrogens with two attached hydrogens (primary N) is 2. The van der Waals surface area contributed by atoms with Gasteiger partial charge in [-0.15, -0.1) is 0 Å². The molecule has 0 spiro atoms. The molecule has 0 bridgehead atoms. The quantitative estimate of drug-likeness (QED) is 0.140. The number of nitrogens with one attached hydrogen (secondary N) is 4. The molecular formula is C37H46ClN7O3S. The smallest absolute Gasteiger partial charge is 0.245 e. The third-order valence-corrected chi connectivity index (χ3v) is 10.6. The number of unbranched alkanes of at least 4 members (excludes halogenated alkanes) is 1. The highest BCUT2D eigenvalue weighted by Gasteiger charge is 2.34. The van der Waals surface area contributed by atoms with Crippen molar-refractivity contribution in [1.82, 2.24) is 25.8 Å². The molecule has 0 aliphatic carbocycles. The average molecular weight is 704 g/mol. The van der Waals surface area contributed by atoms with E-state index >= 15 is 0 Å². The van der Waals surface area contributed by atoms with Gasteiger partial charge in [-0.1, -0.05) is 65.8 Å². The molecule has 10 nitrogen and oxygen atoms in total. The van der Waals surface area contributed by atoms with Gasteiger partial charge >= 0.3 is 0 Å². The minimum atomic E-state index is -0.873. The summed E-state index contributed by atoms with van der Waals surface area (Å²) in [6.07, 6.45) is 5.01. The van der Waals surface area contributed by atoms with Crippen LogP contribution in [0.4, 0.5) is 0 Å². The Balaban J connectivity index is 1.55. The summed E-state index contributed by atoms with van der Waals surface area (Å²) in [5, 5.41) is 11.1. The minimum Gasteiger partial charge on any atom is -0.361 e. The summed E-state index contributed by atoms with van der Waals surface area (Å²) in [4.78, 5) is 49.1. The number of aromatic nitrogens is 1. The molecule has 4 aromatic rings. The summed E-state index contributed by atoms with van der Waals surface area (Å²) in [6, 6.07) is 19.2. The van der Waals surface area contributed by atoms with Gasteiger partial charge in [-0.2, -0.15) is 0 Å². The normalized spacial score (nSPS) is 19.6. The van der Waals surface area contributed by atoms with Crippen LogP contribution in [-0.2, 0) is 33.9 Å². The highest BCUT2D eigenvalue weighted by Crippen LogP contribution is 2.36. The van der Waals surface area contributed by atoms with E-state index in [1.54, 1.807) is 18.8 Å². The highest BCUT2D eigenvalue weighted by atomic mass is 35.5. The number of fused-ring (bicyclic) bond motifs is 3. The third kappa shape index (κ3) is 9.23. The Morgan fingerprint density at radius 2 is 1.57 bits per heavy atom. The van der Waals surface area contributed by atoms with E-state index in [0.717, 1.165) is 37.4 Å². The number of hydrogen-bond donors (Lipinski definition) is 6. The number of carbonyl (C=O) groups excluding carboxylic acids is 3. The van der Waals surface area contributed by atoms with Crippen LogP contribution in [0.2, 0.25) is 5.02 Å². The van der Waals surface area contributed by atoms with E-state index in [0.29, 0.717) is 56.8 Å². The molecule has 0 unspecified atom stereocenters. The standard InChI is InChI=1S/C37H46ClN7O3S/c1-45-32(20-25-22-41-29-13-4-3-11-26(25)29)36(47)43-23-27-28(38)12-8-17-34(27)49-33-16-5-2-10-24(33)21-42-30(15-9-19-40)35(46)44-31(37(45)48)14-6-7-18-39/h2-5,8,10-13,16-17,22,30-32,41-42H,6-7,9,14-15,18-21,23,39-40H2,1H3,(H,43,47)(H,44,46)/t30-,31-,32-/m0/s1. The second-order valence-electron chi connectivity index (χ2n) is 12.4. The van der Waals surface area contributed by atoms with Gasteiger partial charge in [0.05, 0.1) is 6.04 Å². The van der Waals surface area contributed by atoms with Crippen molar-refractivity contribution < 1.29 is 14.4 Å². The van der Waals surface area contributed by atoms with Gasteiger partial charge in [0.1, 0.15) is 12.1 Å². The molecule has 0 saturated carbocycles. The number of likely N-dealkylation sites (N-methyl/N-ethyl adjacent to an activating group) is 1. The first kappa shape index (κ1) is 36.4. The second kappa shape index (κ2) is 17.7. The third-order valence-electron chi connectivity index (χ3n) is 9.03. The van der Waals surface area contributed by atoms with E-state index in [1.165, 1.54) is 4.90 Å². The van der Waals surface area contributed by atoms with Crippen molar-refractivity contribution in [3.63, 3.8) is 0 Å². The van der Waals surface area contributed by atoms with Crippen molar-refractivity contribution in [2.45, 2.75) is 79.5 Å². The van der Waals surface area contributed by atoms with Gasteiger partial charge in [-0.25, -0.2) is 0 Å².